The van der Waals surface area contributed by atoms with E-state index in [1.54, 1.807) is 30.3 Å². The van der Waals surface area contributed by atoms with Crippen molar-refractivity contribution in [2.45, 2.75) is 44.9 Å². The van der Waals surface area contributed by atoms with Gasteiger partial charge in [-0.2, -0.15) is 0 Å². The van der Waals surface area contributed by atoms with Crippen LogP contribution in [0.3, 0.4) is 0 Å². The number of rotatable bonds is 9. The predicted molar refractivity (Wildman–Crippen MR) is 141 cm³/mol. The zero-order valence-electron chi connectivity index (χ0n) is 21.0. The first-order chi connectivity index (χ1) is 16.5. The summed E-state index contributed by atoms with van der Waals surface area (Å²) in [7, 11) is -3.93. The smallest absolute Gasteiger partial charge is 0.264 e. The van der Waals surface area contributed by atoms with Crippen molar-refractivity contribution in [2.75, 3.05) is 24.0 Å². The molecule has 0 heterocycles. The summed E-state index contributed by atoms with van der Waals surface area (Å²) >= 11 is 0. The van der Waals surface area contributed by atoms with Crippen LogP contribution in [0.15, 0.2) is 77.7 Å². The van der Waals surface area contributed by atoms with Gasteiger partial charge in [0.15, 0.2) is 0 Å². The van der Waals surface area contributed by atoms with Gasteiger partial charge in [0.2, 0.25) is 5.91 Å². The Balaban J connectivity index is 1.72. The average molecular weight is 495 g/mol. The van der Waals surface area contributed by atoms with Crippen LogP contribution in [0.25, 0.3) is 0 Å². The van der Waals surface area contributed by atoms with Crippen LogP contribution < -0.4 is 14.4 Å². The maximum absolute atomic E-state index is 13.4. The minimum atomic E-state index is -3.93. The van der Waals surface area contributed by atoms with Gasteiger partial charge >= 0.3 is 0 Å². The third-order valence-corrected chi connectivity index (χ3v) is 7.56. The SMILES string of the molecule is Cc1ccc(N(CC(=O)NCCOc2ccccc2C(C)(C)C)S(=O)(=O)c2ccccc2)cc1C. The summed E-state index contributed by atoms with van der Waals surface area (Å²) in [6.07, 6.45) is 0. The van der Waals surface area contributed by atoms with Crippen molar-refractivity contribution in [2.24, 2.45) is 0 Å². The van der Waals surface area contributed by atoms with E-state index in [9.17, 15) is 13.2 Å². The fourth-order valence-electron chi connectivity index (χ4n) is 3.67. The van der Waals surface area contributed by atoms with E-state index in [1.165, 1.54) is 12.1 Å². The third-order valence-electron chi connectivity index (χ3n) is 5.77. The van der Waals surface area contributed by atoms with Crippen LogP contribution in [0, 0.1) is 13.8 Å². The second-order valence-electron chi connectivity index (χ2n) is 9.54. The number of para-hydroxylation sites is 1. The molecule has 3 aromatic carbocycles. The number of amides is 1. The molecule has 0 saturated heterocycles. The number of aryl methyl sites for hydroxylation is 2. The first-order valence-corrected chi connectivity index (χ1v) is 13.1. The highest BCUT2D eigenvalue weighted by Gasteiger charge is 2.27. The molecular weight excluding hydrogens is 460 g/mol. The molecule has 0 bridgehead atoms. The van der Waals surface area contributed by atoms with E-state index < -0.39 is 15.9 Å². The number of anilines is 1. The van der Waals surface area contributed by atoms with Gasteiger partial charge in [0.1, 0.15) is 18.9 Å². The molecule has 3 aromatic rings. The normalized spacial score (nSPS) is 11.7. The molecule has 0 aliphatic rings. The zero-order valence-corrected chi connectivity index (χ0v) is 21.9. The maximum atomic E-state index is 13.4. The molecule has 1 amide bonds. The molecule has 0 atom stereocenters. The predicted octanol–water partition coefficient (Wildman–Crippen LogP) is 4.99. The maximum Gasteiger partial charge on any atom is 0.264 e. The zero-order chi connectivity index (χ0) is 25.6. The Morgan fingerprint density at radius 2 is 1.57 bits per heavy atom. The minimum Gasteiger partial charge on any atom is -0.491 e. The van der Waals surface area contributed by atoms with Crippen molar-refractivity contribution in [3.63, 3.8) is 0 Å². The van der Waals surface area contributed by atoms with Gasteiger partial charge in [-0.25, -0.2) is 8.42 Å². The lowest BCUT2D eigenvalue weighted by Gasteiger charge is -2.25. The van der Waals surface area contributed by atoms with Crippen LogP contribution in [0.1, 0.15) is 37.5 Å². The monoisotopic (exact) mass is 494 g/mol. The number of nitrogens with zero attached hydrogens (tertiary/aromatic N) is 1. The lowest BCUT2D eigenvalue weighted by Crippen LogP contribution is -2.42. The fourth-order valence-corrected chi connectivity index (χ4v) is 5.10. The van der Waals surface area contributed by atoms with E-state index in [4.69, 9.17) is 4.74 Å². The van der Waals surface area contributed by atoms with Gasteiger partial charge in [-0.3, -0.25) is 9.10 Å². The average Bonchev–Trinajstić information content (AvgIpc) is 2.82. The van der Waals surface area contributed by atoms with Crippen LogP contribution in [0.5, 0.6) is 5.75 Å². The molecule has 0 unspecified atom stereocenters. The molecular formula is C28H34N2O4S. The summed E-state index contributed by atoms with van der Waals surface area (Å²) in [6.45, 7) is 10.4. The van der Waals surface area contributed by atoms with Gasteiger partial charge in [0.05, 0.1) is 17.1 Å². The van der Waals surface area contributed by atoms with Crippen molar-refractivity contribution in [3.8, 4) is 5.75 Å². The number of ether oxygens (including phenoxy) is 1. The topological polar surface area (TPSA) is 75.7 Å². The highest BCUT2D eigenvalue weighted by Crippen LogP contribution is 2.31. The Kier molecular flexibility index (Phi) is 8.22. The Morgan fingerprint density at radius 1 is 0.914 bits per heavy atom. The van der Waals surface area contributed by atoms with Gasteiger partial charge in [-0.15, -0.1) is 0 Å². The Bertz CT molecular complexity index is 1270. The molecule has 0 aliphatic heterocycles. The highest BCUT2D eigenvalue weighted by atomic mass is 32.2. The van der Waals surface area contributed by atoms with Crippen LogP contribution in [0.4, 0.5) is 5.69 Å². The summed E-state index contributed by atoms with van der Waals surface area (Å²) in [5.74, 6) is 0.369. The van der Waals surface area contributed by atoms with E-state index >= 15 is 0 Å². The third kappa shape index (κ3) is 6.63. The number of carbonyl (C=O) groups excluding carboxylic acids is 1. The fraction of sp³-hybridized carbons (Fsp3) is 0.321. The number of benzene rings is 3. The number of hydrogen-bond donors (Lipinski definition) is 1. The molecule has 0 radical (unpaired) electrons. The van der Waals surface area contributed by atoms with Crippen LogP contribution >= 0.6 is 0 Å². The minimum absolute atomic E-state index is 0.0711. The quantitative estimate of drug-likeness (QED) is 0.425. The standard InChI is InChI=1S/C28H34N2O4S/c1-21-15-16-23(19-22(21)2)30(35(32,33)24-11-7-6-8-12-24)20-27(31)29-17-18-34-26-14-10-9-13-25(26)28(3,4)5/h6-16,19H,17-18,20H2,1-5H3,(H,29,31). The summed E-state index contributed by atoms with van der Waals surface area (Å²) in [6, 6.07) is 21.3. The first-order valence-electron chi connectivity index (χ1n) is 11.6. The van der Waals surface area contributed by atoms with Crippen molar-refractivity contribution in [1.29, 1.82) is 0 Å². The number of sulfonamides is 1. The van der Waals surface area contributed by atoms with Crippen molar-refractivity contribution < 1.29 is 17.9 Å². The Hall–Kier alpha value is -3.32. The van der Waals surface area contributed by atoms with Crippen molar-refractivity contribution >= 4 is 21.6 Å². The highest BCUT2D eigenvalue weighted by molar-refractivity contribution is 7.92. The van der Waals surface area contributed by atoms with Crippen molar-refractivity contribution in [1.82, 2.24) is 5.32 Å². The number of carbonyl (C=O) groups is 1. The molecule has 0 aliphatic carbocycles. The first kappa shape index (κ1) is 26.3. The second-order valence-corrected chi connectivity index (χ2v) is 11.4. The van der Waals surface area contributed by atoms with Crippen molar-refractivity contribution in [3.05, 3.63) is 89.5 Å². The van der Waals surface area contributed by atoms with E-state index in [-0.39, 0.29) is 30.0 Å². The summed E-state index contributed by atoms with van der Waals surface area (Å²) in [5, 5.41) is 2.79. The largest absolute Gasteiger partial charge is 0.491 e. The van der Waals surface area contributed by atoms with E-state index in [2.05, 4.69) is 26.1 Å². The van der Waals surface area contributed by atoms with Crippen LogP contribution in [0.2, 0.25) is 0 Å². The lowest BCUT2D eigenvalue weighted by atomic mass is 9.86. The van der Waals surface area contributed by atoms with E-state index in [0.717, 1.165) is 26.7 Å². The molecule has 0 saturated carbocycles. The molecule has 0 aromatic heterocycles. The number of nitrogens with one attached hydrogen (secondary N) is 1. The lowest BCUT2D eigenvalue weighted by molar-refractivity contribution is -0.119. The molecule has 0 spiro atoms. The summed E-state index contributed by atoms with van der Waals surface area (Å²) in [5.41, 5.74) is 3.45. The molecule has 1 N–H and O–H groups in total. The van der Waals surface area contributed by atoms with Gasteiger partial charge in [-0.1, -0.05) is 63.2 Å². The van der Waals surface area contributed by atoms with Gasteiger partial charge in [0.25, 0.3) is 10.0 Å². The Morgan fingerprint density at radius 3 is 2.23 bits per heavy atom. The van der Waals surface area contributed by atoms with Gasteiger partial charge in [0, 0.05) is 0 Å². The second kappa shape index (κ2) is 11.0. The molecule has 7 heteroatoms. The Labute approximate surface area is 209 Å². The van der Waals surface area contributed by atoms with Crippen LogP contribution in [-0.2, 0) is 20.2 Å². The molecule has 0 fully saturated rings. The molecule has 6 nitrogen and oxygen atoms in total. The van der Waals surface area contributed by atoms with Gasteiger partial charge in [-0.05, 0) is 66.3 Å². The van der Waals surface area contributed by atoms with E-state index in [1.807, 2.05) is 44.2 Å². The van der Waals surface area contributed by atoms with Crippen LogP contribution in [-0.4, -0.2) is 34.0 Å². The summed E-state index contributed by atoms with van der Waals surface area (Å²) in [4.78, 5) is 13.0. The summed E-state index contributed by atoms with van der Waals surface area (Å²) < 4.78 is 33.9. The molecule has 186 valence electrons. The van der Waals surface area contributed by atoms with E-state index in [0.29, 0.717) is 5.69 Å². The molecule has 3 rings (SSSR count). The molecule has 35 heavy (non-hydrogen) atoms. The number of hydrogen-bond acceptors (Lipinski definition) is 4. The van der Waals surface area contributed by atoms with Gasteiger partial charge < -0.3 is 10.1 Å².